The quantitative estimate of drug-likeness (QED) is 0.0503. The van der Waals surface area contributed by atoms with Crippen LogP contribution in [0.2, 0.25) is 0 Å². The molecule has 15 nitrogen and oxygen atoms in total. The molecule has 0 radical (unpaired) electrons. The molecule has 232 valence electrons. The van der Waals surface area contributed by atoms with Gasteiger partial charge in [-0.2, -0.15) is 0 Å². The molecule has 42 heavy (non-hydrogen) atoms. The molecule has 2 atom stereocenters. The molecule has 15 heteroatoms. The summed E-state index contributed by atoms with van der Waals surface area (Å²) in [4.78, 5) is 32.7. The number of methoxy groups -OCH3 is 3. The molecule has 0 fully saturated rings. The number of nitro groups is 1. The normalized spacial score (nSPS) is 13.0. The fourth-order valence-electron chi connectivity index (χ4n) is 3.87. The van der Waals surface area contributed by atoms with Gasteiger partial charge in [-0.25, -0.2) is 14.9 Å². The minimum absolute atomic E-state index is 0.196. The van der Waals surface area contributed by atoms with Crippen molar-refractivity contribution >= 4 is 17.9 Å². The van der Waals surface area contributed by atoms with Crippen LogP contribution in [0.15, 0.2) is 47.6 Å². The first kappa shape index (κ1) is 35.4. The zero-order chi connectivity index (χ0) is 31.7. The minimum Gasteiger partial charge on any atom is -0.548 e. The molecule has 2 unspecified atom stereocenters. The second-order valence-electron chi connectivity index (χ2n) is 8.87. The first-order valence-electron chi connectivity index (χ1n) is 13.0. The van der Waals surface area contributed by atoms with Gasteiger partial charge in [0, 0.05) is 24.6 Å². The molecule has 2 rings (SSSR count). The van der Waals surface area contributed by atoms with Crippen molar-refractivity contribution in [2.45, 2.75) is 37.8 Å². The van der Waals surface area contributed by atoms with Gasteiger partial charge in [0.15, 0.2) is 28.7 Å². The minimum atomic E-state index is -1.33. The van der Waals surface area contributed by atoms with E-state index in [1.807, 2.05) is 25.2 Å². The third-order valence-corrected chi connectivity index (χ3v) is 6.38. The summed E-state index contributed by atoms with van der Waals surface area (Å²) in [7, 11) is 6.53. The van der Waals surface area contributed by atoms with Crippen LogP contribution in [0.5, 0.6) is 17.2 Å². The number of likely N-dealkylation sites (N-methyl/N-ethyl adjacent to an activating group) is 1. The molecule has 0 amide bonds. The molecule has 0 saturated carbocycles. The third-order valence-electron chi connectivity index (χ3n) is 6.38. The van der Waals surface area contributed by atoms with Crippen LogP contribution < -0.4 is 41.4 Å². The van der Waals surface area contributed by atoms with E-state index in [2.05, 4.69) is 34.8 Å². The number of nitrogens with two attached hydrogens (primary N) is 3. The van der Waals surface area contributed by atoms with Crippen molar-refractivity contribution in [2.75, 3.05) is 41.5 Å². The Morgan fingerprint density at radius 3 is 2.17 bits per heavy atom. The lowest BCUT2D eigenvalue weighted by molar-refractivity contribution is -0.715. The van der Waals surface area contributed by atoms with Crippen LogP contribution in [0.1, 0.15) is 42.1 Å². The Labute approximate surface area is 244 Å². The molecule has 2 aromatic carbocycles. The summed E-state index contributed by atoms with van der Waals surface area (Å²) in [6, 6.07) is 12.2. The molecule has 0 heterocycles. The van der Waals surface area contributed by atoms with E-state index in [9.17, 15) is 24.8 Å². The van der Waals surface area contributed by atoms with Crippen molar-refractivity contribution < 1.29 is 44.0 Å². The van der Waals surface area contributed by atoms with Gasteiger partial charge in [-0.05, 0) is 25.0 Å². The molecule has 0 aromatic heterocycles. The topological polar surface area (TPSA) is 230 Å². The highest BCUT2D eigenvalue weighted by Gasteiger charge is 2.34. The SMILES string of the molecule is CCC(COC(=O)c1cc(OC)c(OC)c(OC)c1)([NH2+]C)c1ccccc1.N/C(=N\[N+](=O)[O-])NCCCC(N)C(=O)[O-]. The van der Waals surface area contributed by atoms with Crippen LogP contribution in [0, 0.1) is 10.1 Å². The monoisotopic (exact) mass is 592 g/mol. The van der Waals surface area contributed by atoms with Crippen LogP contribution in [0.4, 0.5) is 0 Å². The summed E-state index contributed by atoms with van der Waals surface area (Å²) >= 11 is 0. The maximum Gasteiger partial charge on any atom is 0.338 e. The number of hydrazone groups is 1. The van der Waals surface area contributed by atoms with Crippen molar-refractivity contribution in [2.24, 2.45) is 16.6 Å². The predicted molar refractivity (Wildman–Crippen MR) is 151 cm³/mol. The van der Waals surface area contributed by atoms with Crippen LogP contribution in [0.3, 0.4) is 0 Å². The highest BCUT2D eigenvalue weighted by Crippen LogP contribution is 2.38. The first-order valence-corrected chi connectivity index (χ1v) is 13.0. The molecule has 0 bridgehead atoms. The van der Waals surface area contributed by atoms with Gasteiger partial charge in [0.2, 0.25) is 5.75 Å². The number of carbonyl (C=O) groups is 2. The number of guanidine groups is 1. The fraction of sp³-hybridized carbons (Fsp3) is 0.444. The summed E-state index contributed by atoms with van der Waals surface area (Å²) in [5, 5.41) is 26.4. The Morgan fingerprint density at radius 2 is 1.71 bits per heavy atom. The molecule has 0 spiro atoms. The summed E-state index contributed by atoms with van der Waals surface area (Å²) in [5.74, 6) is -0.842. The number of carboxylic acids is 1. The van der Waals surface area contributed by atoms with Crippen molar-refractivity contribution in [1.82, 2.24) is 5.32 Å². The highest BCUT2D eigenvalue weighted by atomic mass is 16.7. The van der Waals surface area contributed by atoms with Crippen LogP contribution in [-0.2, 0) is 15.1 Å². The average Bonchev–Trinajstić information content (AvgIpc) is 2.99. The maximum absolute atomic E-state index is 12.7. The van der Waals surface area contributed by atoms with Crippen molar-refractivity contribution in [3.8, 4) is 17.2 Å². The van der Waals surface area contributed by atoms with E-state index in [-0.39, 0.29) is 31.1 Å². The number of hydrogen-bond donors (Lipinski definition) is 4. The number of nitrogens with one attached hydrogen (secondary N) is 1. The van der Waals surface area contributed by atoms with Gasteiger partial charge in [0.1, 0.15) is 5.10 Å². The van der Waals surface area contributed by atoms with Gasteiger partial charge in [-0.1, -0.05) is 37.3 Å². The maximum atomic E-state index is 12.7. The zero-order valence-electron chi connectivity index (χ0n) is 24.5. The second-order valence-corrected chi connectivity index (χ2v) is 8.87. The van der Waals surface area contributed by atoms with Gasteiger partial charge < -0.3 is 50.9 Å². The largest absolute Gasteiger partial charge is 0.548 e. The molecular formula is C27H40N6O9. The van der Waals surface area contributed by atoms with E-state index in [0.29, 0.717) is 29.2 Å². The third kappa shape index (κ3) is 10.7. The molecule has 2 aromatic rings. The number of nitrogens with zero attached hydrogens (tertiary/aromatic N) is 2. The van der Waals surface area contributed by atoms with E-state index in [1.54, 1.807) is 12.1 Å². The average molecular weight is 593 g/mol. The Bertz CT molecular complexity index is 1160. The number of rotatable bonds is 15. The lowest BCUT2D eigenvalue weighted by Crippen LogP contribution is -2.92. The Morgan fingerprint density at radius 1 is 1.12 bits per heavy atom. The summed E-state index contributed by atoms with van der Waals surface area (Å²) in [5.41, 5.74) is 11.4. The number of hydrogen-bond acceptors (Lipinski definition) is 10. The van der Waals surface area contributed by atoms with Crippen molar-refractivity contribution in [1.29, 1.82) is 0 Å². The van der Waals surface area contributed by atoms with E-state index in [1.165, 1.54) is 21.3 Å². The molecule has 0 aliphatic rings. The van der Waals surface area contributed by atoms with E-state index >= 15 is 0 Å². The van der Waals surface area contributed by atoms with Crippen LogP contribution in [-0.4, -0.2) is 70.5 Å². The lowest BCUT2D eigenvalue weighted by Gasteiger charge is -2.29. The number of benzene rings is 2. The van der Waals surface area contributed by atoms with E-state index in [4.69, 9.17) is 30.4 Å². The van der Waals surface area contributed by atoms with Gasteiger partial charge in [-0.15, -0.1) is 0 Å². The standard InChI is InChI=1S/C21H27NO5.C6H13N5O4/c1-6-21(22-2,16-10-8-7-9-11-16)14-27-20(23)15-12-17(24-3)19(26-5)18(13-15)25-4;7-4(5(12)13)2-1-3-9-6(8)10-11(14)15/h7-13,22H,6,14H2,1-5H3;4H,1-3,7H2,(H,12,13)(H3,8,9,10). The Balaban J connectivity index is 0.000000501. The molecule has 0 aliphatic carbocycles. The smallest absolute Gasteiger partial charge is 0.338 e. The van der Waals surface area contributed by atoms with E-state index in [0.717, 1.165) is 12.0 Å². The second kappa shape index (κ2) is 17.9. The van der Waals surface area contributed by atoms with E-state index < -0.39 is 23.0 Å². The van der Waals surface area contributed by atoms with Crippen LogP contribution >= 0.6 is 0 Å². The number of aliphatic carboxylic acids is 1. The molecule has 0 saturated heterocycles. The van der Waals surface area contributed by atoms with Crippen molar-refractivity contribution in [3.63, 3.8) is 0 Å². The fourth-order valence-corrected chi connectivity index (χ4v) is 3.87. The number of quaternary nitrogens is 1. The predicted octanol–water partition coefficient (Wildman–Crippen LogP) is -0.692. The van der Waals surface area contributed by atoms with Gasteiger partial charge >= 0.3 is 5.97 Å². The molecule has 0 aliphatic heterocycles. The zero-order valence-corrected chi connectivity index (χ0v) is 24.5. The Kier molecular flexibility index (Phi) is 15.1. The number of ether oxygens (including phenoxy) is 4. The first-order chi connectivity index (χ1) is 20.0. The number of carbonyl (C=O) groups excluding carboxylic acids is 2. The highest BCUT2D eigenvalue weighted by molar-refractivity contribution is 5.91. The molecular weight excluding hydrogens is 552 g/mol. The summed E-state index contributed by atoms with van der Waals surface area (Å²) < 4.78 is 21.6. The number of carboxylic acid groups (broad SMARTS) is 1. The summed E-state index contributed by atoms with van der Waals surface area (Å²) in [6.45, 7) is 2.59. The Hall–Kier alpha value is -4.63. The lowest BCUT2D eigenvalue weighted by atomic mass is 9.88. The number of esters is 1. The summed E-state index contributed by atoms with van der Waals surface area (Å²) in [6.07, 6.45) is 1.40. The molecule has 7 N–H and O–H groups in total. The van der Waals surface area contributed by atoms with Gasteiger partial charge in [0.05, 0.1) is 39.9 Å². The van der Waals surface area contributed by atoms with Gasteiger partial charge in [0.25, 0.3) is 5.96 Å². The van der Waals surface area contributed by atoms with Crippen molar-refractivity contribution in [3.05, 3.63) is 63.7 Å². The van der Waals surface area contributed by atoms with Crippen LogP contribution in [0.25, 0.3) is 0 Å². The van der Waals surface area contributed by atoms with Gasteiger partial charge in [-0.3, -0.25) is 0 Å².